The van der Waals surface area contributed by atoms with Crippen molar-refractivity contribution >= 4 is 34.8 Å². The Balaban J connectivity index is 3.00. The molecule has 1 aromatic rings. The molecular weight excluding hydrogens is 287 g/mol. The summed E-state index contributed by atoms with van der Waals surface area (Å²) in [5.41, 5.74) is 4.77. The summed E-state index contributed by atoms with van der Waals surface area (Å²) in [6.07, 6.45) is -5.03. The van der Waals surface area contributed by atoms with Gasteiger partial charge in [0.25, 0.3) is 0 Å². The highest BCUT2D eigenvalue weighted by Gasteiger charge is 2.39. The zero-order valence-electron chi connectivity index (χ0n) is 9.34. The molecule has 0 saturated heterocycles. The van der Waals surface area contributed by atoms with Crippen molar-refractivity contribution < 1.29 is 22.8 Å². The number of hydrogen-bond donors (Lipinski definition) is 3. The molecule has 0 atom stereocenters. The fraction of sp³-hybridized carbons (Fsp3) is 0.200. The third kappa shape index (κ3) is 4.42. The molecule has 19 heavy (non-hydrogen) atoms. The molecule has 1 aromatic carbocycles. The molecule has 0 heterocycles. The molecule has 0 aliphatic carbocycles. The summed E-state index contributed by atoms with van der Waals surface area (Å²) in [5, 5.41) is 4.03. The second-order valence-corrected chi connectivity index (χ2v) is 3.83. The number of anilines is 2. The minimum absolute atomic E-state index is 0.0689. The van der Waals surface area contributed by atoms with E-state index < -0.39 is 18.0 Å². The van der Waals surface area contributed by atoms with E-state index >= 15 is 0 Å². The van der Waals surface area contributed by atoms with Crippen LogP contribution in [0.15, 0.2) is 18.2 Å². The normalized spacial score (nSPS) is 11.0. The first-order chi connectivity index (χ1) is 8.74. The standard InChI is InChI=1S/C10H9ClF3N3O2/c11-5-1-2-6(17-9(19)10(12,13)14)7(3-5)16-8(18)4-15/h1-3H,4,15H2,(H,16,18)(H,17,19). The highest BCUT2D eigenvalue weighted by molar-refractivity contribution is 6.31. The number of carbonyl (C=O) groups excluding carboxylic acids is 2. The average molecular weight is 296 g/mol. The van der Waals surface area contributed by atoms with Crippen LogP contribution in [0.3, 0.4) is 0 Å². The van der Waals surface area contributed by atoms with Gasteiger partial charge in [0.1, 0.15) is 0 Å². The zero-order valence-corrected chi connectivity index (χ0v) is 10.1. The molecule has 0 fully saturated rings. The molecule has 0 unspecified atom stereocenters. The summed E-state index contributed by atoms with van der Waals surface area (Å²) in [5.74, 6) is -2.79. The Hall–Kier alpha value is -1.80. The van der Waals surface area contributed by atoms with Crippen LogP contribution < -0.4 is 16.4 Å². The summed E-state index contributed by atoms with van der Waals surface area (Å²) in [6.45, 7) is -0.362. The number of nitrogens with one attached hydrogen (secondary N) is 2. The van der Waals surface area contributed by atoms with Crippen molar-refractivity contribution in [1.82, 2.24) is 0 Å². The van der Waals surface area contributed by atoms with Crippen LogP contribution in [0.2, 0.25) is 5.02 Å². The van der Waals surface area contributed by atoms with Gasteiger partial charge in [0.05, 0.1) is 17.9 Å². The van der Waals surface area contributed by atoms with Crippen molar-refractivity contribution in [2.45, 2.75) is 6.18 Å². The monoisotopic (exact) mass is 295 g/mol. The lowest BCUT2D eigenvalue weighted by atomic mass is 10.2. The first-order valence-electron chi connectivity index (χ1n) is 4.91. The Morgan fingerprint density at radius 2 is 1.84 bits per heavy atom. The van der Waals surface area contributed by atoms with Crippen LogP contribution in [0.5, 0.6) is 0 Å². The third-order valence-corrected chi connectivity index (χ3v) is 2.18. The van der Waals surface area contributed by atoms with E-state index in [9.17, 15) is 22.8 Å². The van der Waals surface area contributed by atoms with Crippen LogP contribution in [0.4, 0.5) is 24.5 Å². The lowest BCUT2D eigenvalue weighted by molar-refractivity contribution is -0.167. The van der Waals surface area contributed by atoms with E-state index in [0.717, 1.165) is 6.07 Å². The van der Waals surface area contributed by atoms with Crippen molar-refractivity contribution in [2.24, 2.45) is 5.73 Å². The van der Waals surface area contributed by atoms with Gasteiger partial charge in [0.15, 0.2) is 0 Å². The van der Waals surface area contributed by atoms with Gasteiger partial charge in [-0.2, -0.15) is 13.2 Å². The molecule has 0 aliphatic rings. The Kier molecular flexibility index (Phi) is 4.73. The van der Waals surface area contributed by atoms with Gasteiger partial charge < -0.3 is 16.4 Å². The molecule has 0 radical (unpaired) electrons. The van der Waals surface area contributed by atoms with Crippen molar-refractivity contribution in [3.8, 4) is 0 Å². The smallest absolute Gasteiger partial charge is 0.323 e. The maximum absolute atomic E-state index is 12.1. The number of alkyl halides is 3. The van der Waals surface area contributed by atoms with E-state index in [4.69, 9.17) is 17.3 Å². The quantitative estimate of drug-likeness (QED) is 0.794. The largest absolute Gasteiger partial charge is 0.471 e. The molecule has 9 heteroatoms. The summed E-state index contributed by atoms with van der Waals surface area (Å²) in [7, 11) is 0. The van der Waals surface area contributed by atoms with Crippen molar-refractivity contribution in [3.63, 3.8) is 0 Å². The van der Waals surface area contributed by atoms with Gasteiger partial charge in [-0.1, -0.05) is 11.6 Å². The lowest BCUT2D eigenvalue weighted by Crippen LogP contribution is -2.30. The van der Waals surface area contributed by atoms with Crippen molar-refractivity contribution in [1.29, 1.82) is 0 Å². The van der Waals surface area contributed by atoms with Crippen LogP contribution >= 0.6 is 11.6 Å². The molecule has 4 N–H and O–H groups in total. The second-order valence-electron chi connectivity index (χ2n) is 3.39. The summed E-state index contributed by atoms with van der Waals surface area (Å²) in [6, 6.07) is 3.60. The average Bonchev–Trinajstić information content (AvgIpc) is 2.31. The number of benzene rings is 1. The van der Waals surface area contributed by atoms with Crippen LogP contribution in [0, 0.1) is 0 Å². The summed E-state index contributed by atoms with van der Waals surface area (Å²) >= 11 is 5.65. The fourth-order valence-corrected chi connectivity index (χ4v) is 1.30. The predicted molar refractivity (Wildman–Crippen MR) is 63.8 cm³/mol. The van der Waals surface area contributed by atoms with Gasteiger partial charge in [-0.05, 0) is 18.2 Å². The number of rotatable bonds is 3. The predicted octanol–water partition coefficient (Wildman–Crippen LogP) is 1.74. The van der Waals surface area contributed by atoms with Gasteiger partial charge in [-0.25, -0.2) is 0 Å². The number of amides is 2. The van der Waals surface area contributed by atoms with Crippen LogP contribution in [0.25, 0.3) is 0 Å². The number of nitrogens with two attached hydrogens (primary N) is 1. The number of hydrogen-bond acceptors (Lipinski definition) is 3. The molecule has 0 spiro atoms. The fourth-order valence-electron chi connectivity index (χ4n) is 1.12. The number of carbonyl (C=O) groups is 2. The van der Waals surface area contributed by atoms with E-state index in [2.05, 4.69) is 5.32 Å². The van der Waals surface area contributed by atoms with E-state index in [1.165, 1.54) is 12.1 Å². The van der Waals surface area contributed by atoms with E-state index in [0.29, 0.717) is 0 Å². The number of halogens is 4. The molecule has 0 aromatic heterocycles. The lowest BCUT2D eigenvalue weighted by Gasteiger charge is -2.13. The molecule has 0 saturated carbocycles. The summed E-state index contributed by atoms with van der Waals surface area (Å²) < 4.78 is 36.4. The molecular formula is C10H9ClF3N3O2. The minimum atomic E-state index is -5.03. The Morgan fingerprint density at radius 1 is 1.21 bits per heavy atom. The van der Waals surface area contributed by atoms with Crippen LogP contribution in [0.1, 0.15) is 0 Å². The van der Waals surface area contributed by atoms with Gasteiger partial charge in [-0.15, -0.1) is 0 Å². The third-order valence-electron chi connectivity index (χ3n) is 1.95. The highest BCUT2D eigenvalue weighted by atomic mass is 35.5. The molecule has 0 bridgehead atoms. The first kappa shape index (κ1) is 15.3. The maximum Gasteiger partial charge on any atom is 0.471 e. The Bertz CT molecular complexity index is 505. The van der Waals surface area contributed by atoms with E-state index in [1.807, 2.05) is 0 Å². The topological polar surface area (TPSA) is 84.2 Å². The second kappa shape index (κ2) is 5.89. The Labute approximate surface area is 110 Å². The van der Waals surface area contributed by atoms with Crippen LogP contribution in [-0.2, 0) is 9.59 Å². The minimum Gasteiger partial charge on any atom is -0.323 e. The van der Waals surface area contributed by atoms with Gasteiger partial charge in [0.2, 0.25) is 5.91 Å². The molecule has 5 nitrogen and oxygen atoms in total. The zero-order chi connectivity index (χ0) is 14.6. The van der Waals surface area contributed by atoms with Gasteiger partial charge in [0, 0.05) is 5.02 Å². The molecule has 2 amide bonds. The van der Waals surface area contributed by atoms with E-state index in [-0.39, 0.29) is 22.9 Å². The van der Waals surface area contributed by atoms with Gasteiger partial charge in [-0.3, -0.25) is 9.59 Å². The highest BCUT2D eigenvalue weighted by Crippen LogP contribution is 2.27. The molecule has 1 rings (SSSR count). The summed E-state index contributed by atoms with van der Waals surface area (Å²) in [4.78, 5) is 21.9. The van der Waals surface area contributed by atoms with Gasteiger partial charge >= 0.3 is 12.1 Å². The molecule has 0 aliphatic heterocycles. The van der Waals surface area contributed by atoms with Crippen molar-refractivity contribution in [3.05, 3.63) is 23.2 Å². The van der Waals surface area contributed by atoms with Crippen LogP contribution in [-0.4, -0.2) is 24.5 Å². The van der Waals surface area contributed by atoms with Crippen molar-refractivity contribution in [2.75, 3.05) is 17.2 Å². The molecule has 104 valence electrons. The SMILES string of the molecule is NCC(=O)Nc1cc(Cl)ccc1NC(=O)C(F)(F)F. The first-order valence-corrected chi connectivity index (χ1v) is 5.29. The van der Waals surface area contributed by atoms with E-state index in [1.54, 1.807) is 5.32 Å². The Morgan fingerprint density at radius 3 is 2.37 bits per heavy atom. The maximum atomic E-state index is 12.1.